The average Bonchev–Trinajstić information content (AvgIpc) is 2.75. The molecule has 0 atom stereocenters. The lowest BCUT2D eigenvalue weighted by Gasteiger charge is -2.25. The van der Waals surface area contributed by atoms with E-state index in [9.17, 15) is 14.0 Å². The van der Waals surface area contributed by atoms with Crippen molar-refractivity contribution in [1.29, 1.82) is 0 Å². The highest BCUT2D eigenvalue weighted by Gasteiger charge is 2.16. The molecule has 0 fully saturated rings. The quantitative estimate of drug-likeness (QED) is 0.525. The number of hydrogen-bond donors (Lipinski definition) is 1. The molecule has 2 amide bonds. The molecule has 0 saturated carbocycles. The van der Waals surface area contributed by atoms with Gasteiger partial charge in [-0.1, -0.05) is 35.9 Å². The third-order valence-electron chi connectivity index (χ3n) is 5.03. The third kappa shape index (κ3) is 5.86. The number of nitrogens with zero attached hydrogens (tertiary/aromatic N) is 2. The zero-order chi connectivity index (χ0) is 23.3. The Morgan fingerprint density at radius 2 is 1.66 bits per heavy atom. The minimum atomic E-state index is -0.319. The Morgan fingerprint density at radius 1 is 0.969 bits per heavy atom. The van der Waals surface area contributed by atoms with E-state index in [0.29, 0.717) is 29.4 Å². The molecule has 0 aliphatic heterocycles. The standard InChI is InChI=1S/C25H25ClFN3O2/c1-17(31)30(15-18-8-10-20(27)11-9-18)16-19-14-21(12-13-24(19)29(2)3)28-25(32)22-6-4-5-7-23(22)26/h4-14H,15-16H2,1-3H3,(H,28,32). The molecule has 166 valence electrons. The van der Waals surface area contributed by atoms with Crippen LogP contribution < -0.4 is 10.2 Å². The molecule has 0 aliphatic carbocycles. The number of carbonyl (C=O) groups is 2. The van der Waals surface area contributed by atoms with E-state index >= 15 is 0 Å². The predicted molar refractivity (Wildman–Crippen MR) is 127 cm³/mol. The monoisotopic (exact) mass is 453 g/mol. The van der Waals surface area contributed by atoms with Crippen LogP contribution in [0.5, 0.6) is 0 Å². The van der Waals surface area contributed by atoms with Gasteiger partial charge in [0.2, 0.25) is 5.91 Å². The van der Waals surface area contributed by atoms with Gasteiger partial charge in [0, 0.05) is 45.5 Å². The minimum absolute atomic E-state index is 0.107. The van der Waals surface area contributed by atoms with Gasteiger partial charge in [-0.25, -0.2) is 4.39 Å². The first-order valence-electron chi connectivity index (χ1n) is 10.1. The van der Waals surface area contributed by atoms with Crippen molar-refractivity contribution in [2.24, 2.45) is 0 Å². The van der Waals surface area contributed by atoms with Gasteiger partial charge in [0.25, 0.3) is 5.91 Å². The van der Waals surface area contributed by atoms with E-state index in [2.05, 4.69) is 5.32 Å². The van der Waals surface area contributed by atoms with Gasteiger partial charge < -0.3 is 15.1 Å². The molecule has 1 N–H and O–H groups in total. The number of rotatable bonds is 7. The van der Waals surface area contributed by atoms with E-state index in [4.69, 9.17) is 11.6 Å². The largest absolute Gasteiger partial charge is 0.377 e. The summed E-state index contributed by atoms with van der Waals surface area (Å²) in [4.78, 5) is 28.6. The first kappa shape index (κ1) is 23.3. The van der Waals surface area contributed by atoms with E-state index in [1.807, 2.05) is 37.2 Å². The van der Waals surface area contributed by atoms with Crippen LogP contribution in [0.25, 0.3) is 0 Å². The summed E-state index contributed by atoms with van der Waals surface area (Å²) in [6, 6.07) is 18.5. The molecule has 5 nitrogen and oxygen atoms in total. The molecule has 0 unspecified atom stereocenters. The number of nitrogens with one attached hydrogen (secondary N) is 1. The summed E-state index contributed by atoms with van der Waals surface area (Å²) in [5.41, 5.74) is 3.60. The summed E-state index contributed by atoms with van der Waals surface area (Å²) in [6.07, 6.45) is 0. The van der Waals surface area contributed by atoms with Crippen LogP contribution in [-0.4, -0.2) is 30.8 Å². The lowest BCUT2D eigenvalue weighted by Crippen LogP contribution is -2.28. The molecule has 3 rings (SSSR count). The van der Waals surface area contributed by atoms with Crippen molar-refractivity contribution in [2.45, 2.75) is 20.0 Å². The maximum atomic E-state index is 13.2. The lowest BCUT2D eigenvalue weighted by molar-refractivity contribution is -0.130. The zero-order valence-corrected chi connectivity index (χ0v) is 19.0. The first-order chi connectivity index (χ1) is 15.2. The van der Waals surface area contributed by atoms with Gasteiger partial charge in [-0.2, -0.15) is 0 Å². The molecular weight excluding hydrogens is 429 g/mol. The molecule has 7 heteroatoms. The summed E-state index contributed by atoms with van der Waals surface area (Å²) in [5, 5.41) is 3.25. The fourth-order valence-corrected chi connectivity index (χ4v) is 3.59. The van der Waals surface area contributed by atoms with Crippen molar-refractivity contribution in [3.05, 3.63) is 94.3 Å². The van der Waals surface area contributed by atoms with Crippen molar-refractivity contribution in [1.82, 2.24) is 4.90 Å². The van der Waals surface area contributed by atoms with Crippen molar-refractivity contribution in [3.8, 4) is 0 Å². The van der Waals surface area contributed by atoms with Gasteiger partial charge >= 0.3 is 0 Å². The highest BCUT2D eigenvalue weighted by molar-refractivity contribution is 6.34. The second-order valence-electron chi connectivity index (χ2n) is 7.67. The Kier molecular flexibility index (Phi) is 7.49. The molecule has 32 heavy (non-hydrogen) atoms. The summed E-state index contributed by atoms with van der Waals surface area (Å²) in [5.74, 6) is -0.738. The van der Waals surface area contributed by atoms with Gasteiger partial charge in [0.05, 0.1) is 10.6 Å². The normalized spacial score (nSPS) is 10.5. The zero-order valence-electron chi connectivity index (χ0n) is 18.2. The van der Waals surface area contributed by atoms with E-state index in [1.165, 1.54) is 19.1 Å². The Morgan fingerprint density at radius 3 is 2.28 bits per heavy atom. The molecule has 0 bridgehead atoms. The van der Waals surface area contributed by atoms with Crippen LogP contribution in [0, 0.1) is 5.82 Å². The molecule has 0 aliphatic rings. The summed E-state index contributed by atoms with van der Waals surface area (Å²) in [6.45, 7) is 2.18. The summed E-state index contributed by atoms with van der Waals surface area (Å²) in [7, 11) is 3.83. The van der Waals surface area contributed by atoms with Crippen LogP contribution in [0.1, 0.15) is 28.4 Å². The van der Waals surface area contributed by atoms with Gasteiger partial charge in [0.1, 0.15) is 5.82 Å². The van der Waals surface area contributed by atoms with Gasteiger partial charge in [-0.15, -0.1) is 0 Å². The van der Waals surface area contributed by atoms with E-state index in [0.717, 1.165) is 16.8 Å². The topological polar surface area (TPSA) is 52.7 Å². The second-order valence-corrected chi connectivity index (χ2v) is 8.08. The Bertz CT molecular complexity index is 1120. The Balaban J connectivity index is 1.86. The number of amides is 2. The SMILES string of the molecule is CC(=O)N(Cc1ccc(F)cc1)Cc1cc(NC(=O)c2ccccc2Cl)ccc1N(C)C. The highest BCUT2D eigenvalue weighted by Crippen LogP contribution is 2.26. The maximum Gasteiger partial charge on any atom is 0.257 e. The van der Waals surface area contributed by atoms with Crippen LogP contribution in [0.15, 0.2) is 66.7 Å². The van der Waals surface area contributed by atoms with Crippen LogP contribution >= 0.6 is 11.6 Å². The molecule has 0 radical (unpaired) electrons. The van der Waals surface area contributed by atoms with E-state index < -0.39 is 0 Å². The summed E-state index contributed by atoms with van der Waals surface area (Å²) >= 11 is 6.14. The number of hydrogen-bond acceptors (Lipinski definition) is 3. The lowest BCUT2D eigenvalue weighted by atomic mass is 10.1. The molecular formula is C25H25ClFN3O2. The molecule has 0 heterocycles. The third-order valence-corrected chi connectivity index (χ3v) is 5.36. The average molecular weight is 454 g/mol. The number of anilines is 2. The predicted octanol–water partition coefficient (Wildman–Crippen LogP) is 5.35. The van der Waals surface area contributed by atoms with Crippen LogP contribution in [0.4, 0.5) is 15.8 Å². The molecule has 0 aromatic heterocycles. The van der Waals surface area contributed by atoms with Gasteiger partial charge in [0.15, 0.2) is 0 Å². The fourth-order valence-electron chi connectivity index (χ4n) is 3.36. The second kappa shape index (κ2) is 10.3. The highest BCUT2D eigenvalue weighted by atomic mass is 35.5. The fraction of sp³-hybridized carbons (Fsp3) is 0.200. The van der Waals surface area contributed by atoms with Crippen LogP contribution in [0.2, 0.25) is 5.02 Å². The maximum absolute atomic E-state index is 13.2. The molecule has 3 aromatic carbocycles. The van der Waals surface area contributed by atoms with E-state index in [1.54, 1.807) is 41.3 Å². The van der Waals surface area contributed by atoms with Crippen LogP contribution in [0.3, 0.4) is 0 Å². The van der Waals surface area contributed by atoms with Crippen molar-refractivity contribution >= 4 is 34.8 Å². The molecule has 0 saturated heterocycles. The molecule has 3 aromatic rings. The van der Waals surface area contributed by atoms with Crippen molar-refractivity contribution in [3.63, 3.8) is 0 Å². The van der Waals surface area contributed by atoms with Crippen molar-refractivity contribution < 1.29 is 14.0 Å². The van der Waals surface area contributed by atoms with E-state index in [-0.39, 0.29) is 17.6 Å². The van der Waals surface area contributed by atoms with Gasteiger partial charge in [-0.05, 0) is 53.6 Å². The Hall–Kier alpha value is -3.38. The number of halogens is 2. The number of carbonyl (C=O) groups excluding carboxylic acids is 2. The molecule has 0 spiro atoms. The van der Waals surface area contributed by atoms with Gasteiger partial charge in [-0.3, -0.25) is 9.59 Å². The van der Waals surface area contributed by atoms with Crippen LogP contribution in [-0.2, 0) is 17.9 Å². The smallest absolute Gasteiger partial charge is 0.257 e. The summed E-state index contributed by atoms with van der Waals surface area (Å²) < 4.78 is 13.2. The minimum Gasteiger partial charge on any atom is -0.377 e. The Labute approximate surface area is 192 Å². The number of benzene rings is 3. The first-order valence-corrected chi connectivity index (χ1v) is 10.5. The van der Waals surface area contributed by atoms with Crippen molar-refractivity contribution in [2.75, 3.05) is 24.3 Å².